The van der Waals surface area contributed by atoms with Crippen LogP contribution in [0.15, 0.2) is 65.4 Å². The number of hydrogen-bond donors (Lipinski definition) is 1. The van der Waals surface area contributed by atoms with Crippen molar-refractivity contribution >= 4 is 11.9 Å². The van der Waals surface area contributed by atoms with Crippen molar-refractivity contribution in [2.75, 3.05) is 12.4 Å². The monoisotopic (exact) mass is 322 g/mol. The smallest absolute Gasteiger partial charge is 0.272 e. The molecule has 0 spiro atoms. The fourth-order valence-corrected chi connectivity index (χ4v) is 2.27. The molecular weight excluding hydrogens is 304 g/mol. The summed E-state index contributed by atoms with van der Waals surface area (Å²) < 4.78 is 5.24. The van der Waals surface area contributed by atoms with Crippen molar-refractivity contribution in [1.29, 1.82) is 0 Å². The summed E-state index contributed by atoms with van der Waals surface area (Å²) in [6, 6.07) is 15.1. The second-order valence-electron chi connectivity index (χ2n) is 5.35. The molecule has 0 fully saturated rings. The normalized spacial score (nSPS) is 10.4. The molecule has 0 aliphatic carbocycles. The summed E-state index contributed by atoms with van der Waals surface area (Å²) in [4.78, 5) is 22.6. The largest absolute Gasteiger partial charge is 0.467 e. The average Bonchev–Trinajstić information content (AvgIpc) is 3.14. The number of nitrogens with one attached hydrogen (secondary N) is 1. The lowest BCUT2D eigenvalue weighted by atomic mass is 10.2. The van der Waals surface area contributed by atoms with Crippen molar-refractivity contribution in [3.63, 3.8) is 0 Å². The molecule has 2 aromatic heterocycles. The van der Waals surface area contributed by atoms with Crippen molar-refractivity contribution in [3.05, 3.63) is 78.0 Å². The molecule has 0 radical (unpaired) electrons. The van der Waals surface area contributed by atoms with E-state index in [9.17, 15) is 4.79 Å². The molecule has 1 N–H and O–H groups in total. The van der Waals surface area contributed by atoms with E-state index in [1.165, 1.54) is 0 Å². The van der Waals surface area contributed by atoms with Gasteiger partial charge in [-0.25, -0.2) is 9.97 Å². The maximum Gasteiger partial charge on any atom is 0.272 e. The molecular formula is C18H18N4O2. The number of aromatic nitrogens is 2. The number of rotatable bonds is 6. The van der Waals surface area contributed by atoms with Gasteiger partial charge in [0, 0.05) is 19.8 Å². The SMILES string of the molecule is CN(Cc1ccccc1)C(=O)c1ccnc(NCc2ccco2)n1. The lowest BCUT2D eigenvalue weighted by Gasteiger charge is -2.17. The van der Waals surface area contributed by atoms with Crippen LogP contribution >= 0.6 is 0 Å². The van der Waals surface area contributed by atoms with Gasteiger partial charge >= 0.3 is 0 Å². The minimum Gasteiger partial charge on any atom is -0.467 e. The van der Waals surface area contributed by atoms with Gasteiger partial charge in [-0.3, -0.25) is 4.79 Å². The van der Waals surface area contributed by atoms with E-state index >= 15 is 0 Å². The lowest BCUT2D eigenvalue weighted by Crippen LogP contribution is -2.27. The number of benzene rings is 1. The molecule has 24 heavy (non-hydrogen) atoms. The molecule has 0 saturated heterocycles. The van der Waals surface area contributed by atoms with E-state index < -0.39 is 0 Å². The molecule has 0 atom stereocenters. The Hall–Kier alpha value is -3.15. The molecule has 0 unspecified atom stereocenters. The topological polar surface area (TPSA) is 71.3 Å². The van der Waals surface area contributed by atoms with Crippen LogP contribution in [0.4, 0.5) is 5.95 Å². The van der Waals surface area contributed by atoms with Gasteiger partial charge in [-0.2, -0.15) is 0 Å². The molecule has 122 valence electrons. The number of anilines is 1. The van der Waals surface area contributed by atoms with Crippen LogP contribution in [-0.4, -0.2) is 27.8 Å². The van der Waals surface area contributed by atoms with E-state index in [4.69, 9.17) is 4.42 Å². The van der Waals surface area contributed by atoms with Gasteiger partial charge in [0.15, 0.2) is 0 Å². The Morgan fingerprint density at radius 1 is 1.17 bits per heavy atom. The van der Waals surface area contributed by atoms with Crippen molar-refractivity contribution in [1.82, 2.24) is 14.9 Å². The fraction of sp³-hybridized carbons (Fsp3) is 0.167. The first-order valence-electron chi connectivity index (χ1n) is 7.61. The van der Waals surface area contributed by atoms with Crippen LogP contribution in [0, 0.1) is 0 Å². The van der Waals surface area contributed by atoms with Gasteiger partial charge in [0.2, 0.25) is 5.95 Å². The first kappa shape index (κ1) is 15.7. The third kappa shape index (κ3) is 3.98. The Balaban J connectivity index is 1.65. The molecule has 0 aliphatic heterocycles. The molecule has 1 aromatic carbocycles. The molecule has 3 rings (SSSR count). The molecule has 6 nitrogen and oxygen atoms in total. The Morgan fingerprint density at radius 3 is 2.75 bits per heavy atom. The van der Waals surface area contributed by atoms with Crippen LogP contribution in [0.5, 0.6) is 0 Å². The standard InChI is InChI=1S/C18H18N4O2/c1-22(13-14-6-3-2-4-7-14)17(23)16-9-10-19-18(21-16)20-12-15-8-5-11-24-15/h2-11H,12-13H2,1H3,(H,19,20,21). The van der Waals surface area contributed by atoms with Gasteiger partial charge < -0.3 is 14.6 Å². The summed E-state index contributed by atoms with van der Waals surface area (Å²) in [6.45, 7) is 0.989. The van der Waals surface area contributed by atoms with Gasteiger partial charge in [-0.15, -0.1) is 0 Å². The number of amides is 1. The quantitative estimate of drug-likeness (QED) is 0.755. The Kier molecular flexibility index (Phi) is 4.86. The van der Waals surface area contributed by atoms with E-state index in [1.807, 2.05) is 42.5 Å². The molecule has 3 aromatic rings. The predicted octanol–water partition coefficient (Wildman–Crippen LogP) is 2.95. The average molecular weight is 322 g/mol. The second-order valence-corrected chi connectivity index (χ2v) is 5.35. The maximum atomic E-state index is 12.5. The Bertz CT molecular complexity index is 788. The van der Waals surface area contributed by atoms with Crippen LogP contribution in [0.25, 0.3) is 0 Å². The third-order valence-electron chi connectivity index (χ3n) is 3.48. The van der Waals surface area contributed by atoms with Crippen LogP contribution in [0.3, 0.4) is 0 Å². The summed E-state index contributed by atoms with van der Waals surface area (Å²) in [5, 5.41) is 3.04. The third-order valence-corrected chi connectivity index (χ3v) is 3.48. The van der Waals surface area contributed by atoms with Gasteiger partial charge in [-0.05, 0) is 23.8 Å². The van der Waals surface area contributed by atoms with E-state index in [0.29, 0.717) is 24.7 Å². The highest BCUT2D eigenvalue weighted by atomic mass is 16.3. The zero-order chi connectivity index (χ0) is 16.8. The second kappa shape index (κ2) is 7.41. The zero-order valence-electron chi connectivity index (χ0n) is 13.3. The van der Waals surface area contributed by atoms with Gasteiger partial charge in [-0.1, -0.05) is 30.3 Å². The summed E-state index contributed by atoms with van der Waals surface area (Å²) >= 11 is 0. The van der Waals surface area contributed by atoms with Crippen molar-refractivity contribution in [2.45, 2.75) is 13.1 Å². The summed E-state index contributed by atoms with van der Waals surface area (Å²) in [5.74, 6) is 1.02. The van der Waals surface area contributed by atoms with Crippen molar-refractivity contribution in [2.24, 2.45) is 0 Å². The number of furan rings is 1. The van der Waals surface area contributed by atoms with Crippen molar-refractivity contribution < 1.29 is 9.21 Å². The lowest BCUT2D eigenvalue weighted by molar-refractivity contribution is 0.0779. The summed E-state index contributed by atoms with van der Waals surface area (Å²) in [7, 11) is 1.76. The number of carbonyl (C=O) groups is 1. The van der Waals surface area contributed by atoms with E-state index in [0.717, 1.165) is 11.3 Å². The van der Waals surface area contributed by atoms with Crippen LogP contribution in [0.1, 0.15) is 21.8 Å². The first-order chi connectivity index (χ1) is 11.7. The summed E-state index contributed by atoms with van der Waals surface area (Å²) in [5.41, 5.74) is 1.42. The highest BCUT2D eigenvalue weighted by Crippen LogP contribution is 2.09. The van der Waals surface area contributed by atoms with Gasteiger partial charge in [0.05, 0.1) is 12.8 Å². The molecule has 1 amide bonds. The Morgan fingerprint density at radius 2 is 2.00 bits per heavy atom. The van der Waals surface area contributed by atoms with Crippen molar-refractivity contribution in [3.8, 4) is 0 Å². The van der Waals surface area contributed by atoms with E-state index in [1.54, 1.807) is 30.5 Å². The number of nitrogens with zero attached hydrogens (tertiary/aromatic N) is 3. The minimum atomic E-state index is -0.151. The first-order valence-corrected chi connectivity index (χ1v) is 7.61. The minimum absolute atomic E-state index is 0.151. The molecule has 6 heteroatoms. The van der Waals surface area contributed by atoms with E-state index in [-0.39, 0.29) is 5.91 Å². The van der Waals surface area contributed by atoms with Gasteiger partial charge in [0.1, 0.15) is 11.5 Å². The Labute approximate surface area is 140 Å². The zero-order valence-corrected chi connectivity index (χ0v) is 13.3. The molecule has 2 heterocycles. The molecule has 0 bridgehead atoms. The predicted molar refractivity (Wildman–Crippen MR) is 90.3 cm³/mol. The number of carbonyl (C=O) groups excluding carboxylic acids is 1. The van der Waals surface area contributed by atoms with Crippen LogP contribution < -0.4 is 5.32 Å². The van der Waals surface area contributed by atoms with E-state index in [2.05, 4.69) is 15.3 Å². The highest BCUT2D eigenvalue weighted by molar-refractivity contribution is 5.92. The summed E-state index contributed by atoms with van der Waals surface area (Å²) in [6.07, 6.45) is 3.18. The van der Waals surface area contributed by atoms with Gasteiger partial charge in [0.25, 0.3) is 5.91 Å². The fourth-order valence-electron chi connectivity index (χ4n) is 2.27. The molecule has 0 saturated carbocycles. The highest BCUT2D eigenvalue weighted by Gasteiger charge is 2.14. The van der Waals surface area contributed by atoms with Crippen LogP contribution in [-0.2, 0) is 13.1 Å². The van der Waals surface area contributed by atoms with Crippen LogP contribution in [0.2, 0.25) is 0 Å². The molecule has 0 aliphatic rings. The maximum absolute atomic E-state index is 12.5. The number of hydrogen-bond acceptors (Lipinski definition) is 5.